The molecule has 0 spiro atoms. The zero-order chi connectivity index (χ0) is 15.5. The average molecular weight is 321 g/mol. The molecule has 20 heavy (non-hydrogen) atoms. The van der Waals surface area contributed by atoms with Gasteiger partial charge in [-0.25, -0.2) is 0 Å². The zero-order valence-corrected chi connectivity index (χ0v) is 9.92. The molecular formula is C6H25O14+3. The Labute approximate surface area is 121 Å². The molecule has 9 N–H and O–H groups in total. The Morgan fingerprint density at radius 2 is 0.850 bits per heavy atom. The molecule has 0 heterocycles. The highest BCUT2D eigenvalue weighted by Gasteiger charge is 1.22. The normalized spacial score (nSPS) is 3.10. The minimum Gasteiger partial charge on any atom is -0.554 e. The van der Waals surface area contributed by atoms with Crippen molar-refractivity contribution in [1.82, 2.24) is 0 Å². The first-order valence-electron chi connectivity index (χ1n) is 2.79. The van der Waals surface area contributed by atoms with E-state index in [1.807, 2.05) is 0 Å². The second kappa shape index (κ2) is 832. The van der Waals surface area contributed by atoms with Gasteiger partial charge in [0.05, 0.1) is 0 Å². The fraction of sp³-hybridized carbons (Fsp3) is 0.167. The largest absolute Gasteiger partial charge is 1.00 e. The molecule has 0 radical (unpaired) electrons. The third kappa shape index (κ3) is 357. The van der Waals surface area contributed by atoms with E-state index in [1.54, 1.807) is 0 Å². The van der Waals surface area contributed by atoms with Crippen LogP contribution in [0.2, 0.25) is 0 Å². The van der Waals surface area contributed by atoms with Crippen molar-refractivity contribution in [3.63, 3.8) is 0 Å². The van der Waals surface area contributed by atoms with Gasteiger partial charge in [0.15, 0.2) is 0 Å². The number of aliphatic hydroxyl groups is 1. The van der Waals surface area contributed by atoms with E-state index in [1.165, 1.54) is 0 Å². The van der Waals surface area contributed by atoms with Crippen LogP contribution in [-0.4, -0.2) is 70.9 Å². The maximum absolute atomic E-state index is 8.36. The molecule has 0 aliphatic rings. The maximum Gasteiger partial charge on any atom is 1.00 e. The predicted molar refractivity (Wildman–Crippen MR) is 63.3 cm³/mol. The molecular weight excluding hydrogens is 296 g/mol. The minimum absolute atomic E-state index is 0. The zero-order valence-electron chi connectivity index (χ0n) is 14.9. The van der Waals surface area contributed by atoms with Crippen molar-refractivity contribution in [3.05, 3.63) is 0 Å². The van der Waals surface area contributed by atoms with Crippen LogP contribution in [0, 0.1) is 0 Å². The number of carboxylic acid groups (broad SMARTS) is 4. The summed E-state index contributed by atoms with van der Waals surface area (Å²) in [6.45, 7) is -1.50. The summed E-state index contributed by atoms with van der Waals surface area (Å²) in [5.41, 5.74) is 0. The fourth-order valence-corrected chi connectivity index (χ4v) is 0. The highest BCUT2D eigenvalue weighted by molar-refractivity contribution is 5.33. The van der Waals surface area contributed by atoms with E-state index in [-0.39, 0.29) is 45.5 Å². The Bertz CT molecular complexity index is 148. The first kappa shape index (κ1) is 67.6. The summed E-state index contributed by atoms with van der Waals surface area (Å²) in [7, 11) is 1.00. The van der Waals surface area contributed by atoms with Crippen LogP contribution in [0.1, 0.15) is 9.99 Å². The van der Waals surface area contributed by atoms with E-state index in [0.29, 0.717) is 0 Å². The van der Waals surface area contributed by atoms with Crippen LogP contribution in [0.5, 0.6) is 0 Å². The lowest BCUT2D eigenvalue weighted by Gasteiger charge is -1.52. The van der Waals surface area contributed by atoms with Gasteiger partial charge in [0.2, 0.25) is 0 Å². The van der Waals surface area contributed by atoms with Gasteiger partial charge in [-0.3, -0.25) is 9.59 Å². The van der Waals surface area contributed by atoms with E-state index in [9.17, 15) is 0 Å². The lowest BCUT2D eigenvalue weighted by Crippen LogP contribution is -2.01. The molecule has 0 bridgehead atoms. The smallest absolute Gasteiger partial charge is 0.554 e. The van der Waals surface area contributed by atoms with Crippen molar-refractivity contribution in [3.8, 4) is 0 Å². The van der Waals surface area contributed by atoms with Gasteiger partial charge in [-0.05, 0) is 0 Å². The summed E-state index contributed by atoms with van der Waals surface area (Å²) in [4.78, 5) is 49.5. The van der Waals surface area contributed by atoms with Crippen LogP contribution >= 0.6 is 0 Å². The number of carbonyl (C=O) groups is 4. The topological polar surface area (TPSA) is 304 Å². The molecule has 0 aromatic carbocycles. The molecule has 14 heteroatoms. The summed E-state index contributed by atoms with van der Waals surface area (Å²) in [5.74, 6) is 0. The number of rotatable bonds is 0. The average Bonchev–Trinajstić information content (AvgIpc) is 2.25. The Kier molecular flexibility index (Phi) is 2810. The van der Waals surface area contributed by atoms with E-state index in [0.717, 1.165) is 7.11 Å². The SMILES string of the molecule is CO.O.O.O.O=C=O.O=CO.O=CO.O=C[O-].O=C[O-].[H+].[H+].[H+].[H+].[H+].[HH].[HH]. The Hall–Kier alpha value is -2.90. The Morgan fingerprint density at radius 1 is 0.850 bits per heavy atom. The number of hydrogen-bond donors (Lipinski definition) is 3. The standard InChI is InChI=1S/4CH2O2.CO2.CH4O.3H2O.2H2/c5*2-1-3;1-2;;;;;/h4*1H,(H,2,3);;2H,1H3;3*1H2;2*1H/p+3. The third-order valence-electron chi connectivity index (χ3n) is 0. The van der Waals surface area contributed by atoms with Gasteiger partial charge in [-0.15, -0.1) is 0 Å². The highest BCUT2D eigenvalue weighted by Crippen LogP contribution is 0.969. The van der Waals surface area contributed by atoms with Crippen LogP contribution < -0.4 is 10.2 Å². The van der Waals surface area contributed by atoms with Crippen LogP contribution in [0.3, 0.4) is 0 Å². The van der Waals surface area contributed by atoms with Gasteiger partial charge >= 0.3 is 13.3 Å². The molecule has 0 rings (SSSR count). The summed E-state index contributed by atoms with van der Waals surface area (Å²) >= 11 is 0. The molecule has 0 aromatic rings. The highest BCUT2D eigenvalue weighted by atomic mass is 16.4. The van der Waals surface area contributed by atoms with Crippen LogP contribution in [-0.2, 0) is 28.8 Å². The Morgan fingerprint density at radius 3 is 0.850 bits per heavy atom. The van der Waals surface area contributed by atoms with Crippen LogP contribution in [0.15, 0.2) is 0 Å². The quantitative estimate of drug-likeness (QED) is 0.352. The van der Waals surface area contributed by atoms with Gasteiger partial charge in [0.1, 0.15) is 0 Å². The molecule has 0 saturated carbocycles. The molecule has 0 unspecified atom stereocenters. The molecule has 130 valence electrons. The van der Waals surface area contributed by atoms with Gasteiger partial charge in [0.25, 0.3) is 12.9 Å². The van der Waals surface area contributed by atoms with Gasteiger partial charge in [-0.2, -0.15) is 9.59 Å². The van der Waals surface area contributed by atoms with Gasteiger partial charge in [0, 0.05) is 22.9 Å². The third-order valence-corrected chi connectivity index (χ3v) is 0. The van der Waals surface area contributed by atoms with Crippen LogP contribution in [0.4, 0.5) is 0 Å². The van der Waals surface area contributed by atoms with Crippen molar-refractivity contribution in [2.75, 3.05) is 7.11 Å². The van der Waals surface area contributed by atoms with E-state index >= 15 is 0 Å². The van der Waals surface area contributed by atoms with E-state index < -0.39 is 12.9 Å². The Balaban J connectivity index is -0.00000000359. The number of aliphatic hydroxyl groups excluding tert-OH is 1. The monoisotopic (exact) mass is 321 g/mol. The van der Waals surface area contributed by atoms with Gasteiger partial charge in [-0.1, -0.05) is 0 Å². The van der Waals surface area contributed by atoms with E-state index in [4.69, 9.17) is 54.3 Å². The van der Waals surface area contributed by atoms with Crippen molar-refractivity contribution in [2.45, 2.75) is 0 Å². The van der Waals surface area contributed by atoms with Crippen molar-refractivity contribution < 1.29 is 80.7 Å². The second-order valence-electron chi connectivity index (χ2n) is 0.487. The number of hydrogen-bond acceptors (Lipinski definition) is 9. The lowest BCUT2D eigenvalue weighted by atomic mass is 11.7. The van der Waals surface area contributed by atoms with Crippen molar-refractivity contribution in [1.29, 1.82) is 0 Å². The molecule has 0 aliphatic carbocycles. The summed E-state index contributed by atoms with van der Waals surface area (Å²) in [5, 5.41) is 37.3. The predicted octanol–water partition coefficient (Wildman–Crippen LogP) is -6.26. The molecule has 0 atom stereocenters. The van der Waals surface area contributed by atoms with Crippen LogP contribution in [0.25, 0.3) is 0 Å². The fourth-order valence-electron chi connectivity index (χ4n) is 0. The number of carbonyl (C=O) groups excluding carboxylic acids is 4. The summed E-state index contributed by atoms with van der Waals surface area (Å²) in [6, 6.07) is 0. The molecule has 14 nitrogen and oxygen atoms in total. The lowest BCUT2D eigenvalue weighted by molar-refractivity contribution is -0.284. The molecule has 0 amide bonds. The van der Waals surface area contributed by atoms with E-state index in [2.05, 4.69) is 0 Å². The molecule has 0 fully saturated rings. The van der Waals surface area contributed by atoms with Crippen molar-refractivity contribution >= 4 is 32.0 Å². The maximum atomic E-state index is 8.36. The minimum atomic E-state index is -0.500. The summed E-state index contributed by atoms with van der Waals surface area (Å²) in [6.07, 6.45) is 0.250. The first-order chi connectivity index (χ1) is 8.07. The molecule has 0 saturated heterocycles. The molecule has 0 aromatic heterocycles. The summed E-state index contributed by atoms with van der Waals surface area (Å²) < 4.78 is 0. The second-order valence-corrected chi connectivity index (χ2v) is 0.487. The van der Waals surface area contributed by atoms with Crippen molar-refractivity contribution in [2.24, 2.45) is 0 Å². The van der Waals surface area contributed by atoms with Gasteiger partial charge < -0.3 is 51.6 Å². The molecule has 0 aliphatic heterocycles. The first-order valence-corrected chi connectivity index (χ1v) is 2.79.